The molecule has 0 spiro atoms. The van der Waals surface area contributed by atoms with Gasteiger partial charge in [-0.3, -0.25) is 4.79 Å². The molecule has 0 heterocycles. The van der Waals surface area contributed by atoms with Crippen molar-refractivity contribution in [1.82, 2.24) is 5.32 Å². The van der Waals surface area contributed by atoms with Crippen molar-refractivity contribution >= 4 is 5.91 Å². The van der Waals surface area contributed by atoms with Gasteiger partial charge >= 0.3 is 0 Å². The first-order valence-electron chi connectivity index (χ1n) is 5.12. The average molecular weight is 186 g/mol. The van der Waals surface area contributed by atoms with E-state index < -0.39 is 0 Å². The molecule has 3 heteroatoms. The van der Waals surface area contributed by atoms with E-state index in [1.807, 2.05) is 13.8 Å². The van der Waals surface area contributed by atoms with Crippen molar-refractivity contribution < 1.29 is 4.79 Å². The predicted molar refractivity (Wildman–Crippen MR) is 55.3 cm³/mol. The number of unbranched alkanes of at least 4 members (excludes halogenated alkanes) is 2. The van der Waals surface area contributed by atoms with Crippen LogP contribution in [0.1, 0.15) is 40.0 Å². The summed E-state index contributed by atoms with van der Waals surface area (Å²) < 4.78 is 0. The van der Waals surface area contributed by atoms with Gasteiger partial charge in [-0.1, -0.05) is 33.6 Å². The van der Waals surface area contributed by atoms with Gasteiger partial charge < -0.3 is 11.1 Å². The topological polar surface area (TPSA) is 55.1 Å². The maximum Gasteiger partial charge on any atom is 0.237 e. The van der Waals surface area contributed by atoms with Gasteiger partial charge in [-0.05, 0) is 12.3 Å². The van der Waals surface area contributed by atoms with Gasteiger partial charge in [0.05, 0.1) is 6.04 Å². The number of hydrogen-bond donors (Lipinski definition) is 2. The molecule has 13 heavy (non-hydrogen) atoms. The molecule has 78 valence electrons. The molecule has 0 aliphatic heterocycles. The van der Waals surface area contributed by atoms with Crippen molar-refractivity contribution in [2.75, 3.05) is 6.54 Å². The summed E-state index contributed by atoms with van der Waals surface area (Å²) in [6.07, 6.45) is 3.39. The van der Waals surface area contributed by atoms with Crippen molar-refractivity contribution in [2.45, 2.75) is 46.1 Å². The molecule has 0 aromatic heterocycles. The first-order valence-corrected chi connectivity index (χ1v) is 5.12. The molecule has 3 N–H and O–H groups in total. The maximum atomic E-state index is 11.3. The average Bonchev–Trinajstić information content (AvgIpc) is 2.10. The predicted octanol–water partition coefficient (Wildman–Crippen LogP) is 1.28. The fraction of sp³-hybridized carbons (Fsp3) is 0.900. The Morgan fingerprint density at radius 3 is 2.46 bits per heavy atom. The highest BCUT2D eigenvalue weighted by Gasteiger charge is 2.15. The highest BCUT2D eigenvalue weighted by Crippen LogP contribution is 1.98. The molecule has 0 saturated carbocycles. The van der Waals surface area contributed by atoms with E-state index in [-0.39, 0.29) is 17.9 Å². The molecular weight excluding hydrogens is 164 g/mol. The van der Waals surface area contributed by atoms with E-state index in [2.05, 4.69) is 12.2 Å². The monoisotopic (exact) mass is 186 g/mol. The highest BCUT2D eigenvalue weighted by molar-refractivity contribution is 5.81. The molecule has 0 aromatic rings. The Morgan fingerprint density at radius 2 is 2.00 bits per heavy atom. The van der Waals surface area contributed by atoms with Crippen molar-refractivity contribution in [3.63, 3.8) is 0 Å². The van der Waals surface area contributed by atoms with Gasteiger partial charge in [0.1, 0.15) is 0 Å². The van der Waals surface area contributed by atoms with Crippen molar-refractivity contribution in [2.24, 2.45) is 11.7 Å². The van der Waals surface area contributed by atoms with Crippen LogP contribution in [-0.4, -0.2) is 18.5 Å². The van der Waals surface area contributed by atoms with Crippen LogP contribution in [0.5, 0.6) is 0 Å². The van der Waals surface area contributed by atoms with E-state index in [0.717, 1.165) is 19.4 Å². The van der Waals surface area contributed by atoms with E-state index in [9.17, 15) is 4.79 Å². The smallest absolute Gasteiger partial charge is 0.237 e. The van der Waals surface area contributed by atoms with E-state index in [1.165, 1.54) is 6.42 Å². The maximum absolute atomic E-state index is 11.3. The summed E-state index contributed by atoms with van der Waals surface area (Å²) in [4.78, 5) is 11.3. The summed E-state index contributed by atoms with van der Waals surface area (Å²) in [6.45, 7) is 6.81. The standard InChI is InChI=1S/C10H22N2O/c1-4-5-6-7-12-10(13)9(11)8(2)3/h8-9H,4-7,11H2,1-3H3,(H,12,13). The van der Waals surface area contributed by atoms with Gasteiger partial charge in [-0.25, -0.2) is 0 Å². The number of hydrogen-bond acceptors (Lipinski definition) is 2. The third-order valence-corrected chi connectivity index (χ3v) is 2.10. The van der Waals surface area contributed by atoms with E-state index >= 15 is 0 Å². The molecule has 0 aromatic carbocycles. The number of nitrogens with two attached hydrogens (primary N) is 1. The summed E-state index contributed by atoms with van der Waals surface area (Å²) in [7, 11) is 0. The van der Waals surface area contributed by atoms with Crippen LogP contribution < -0.4 is 11.1 Å². The zero-order valence-corrected chi connectivity index (χ0v) is 8.97. The molecular formula is C10H22N2O. The lowest BCUT2D eigenvalue weighted by atomic mass is 10.1. The first kappa shape index (κ1) is 12.4. The van der Waals surface area contributed by atoms with Gasteiger partial charge in [0.25, 0.3) is 0 Å². The largest absolute Gasteiger partial charge is 0.355 e. The Bertz CT molecular complexity index is 146. The molecule has 1 amide bonds. The fourth-order valence-corrected chi connectivity index (χ4v) is 1.01. The molecule has 3 nitrogen and oxygen atoms in total. The van der Waals surface area contributed by atoms with Crippen molar-refractivity contribution in [3.8, 4) is 0 Å². The number of nitrogens with one attached hydrogen (secondary N) is 1. The van der Waals surface area contributed by atoms with Crippen LogP contribution >= 0.6 is 0 Å². The van der Waals surface area contributed by atoms with Gasteiger partial charge in [-0.15, -0.1) is 0 Å². The Hall–Kier alpha value is -0.570. The minimum Gasteiger partial charge on any atom is -0.355 e. The molecule has 1 unspecified atom stereocenters. The Labute approximate surface area is 81.1 Å². The second kappa shape index (κ2) is 6.89. The number of amides is 1. The molecule has 0 bridgehead atoms. The fourth-order valence-electron chi connectivity index (χ4n) is 1.01. The second-order valence-corrected chi connectivity index (χ2v) is 3.77. The lowest BCUT2D eigenvalue weighted by molar-refractivity contribution is -0.123. The van der Waals surface area contributed by atoms with Crippen LogP contribution in [0.25, 0.3) is 0 Å². The number of carbonyl (C=O) groups excluding carboxylic acids is 1. The lowest BCUT2D eigenvalue weighted by Gasteiger charge is -2.14. The van der Waals surface area contributed by atoms with Gasteiger partial charge in [0.15, 0.2) is 0 Å². The van der Waals surface area contributed by atoms with Crippen LogP contribution in [-0.2, 0) is 4.79 Å². The van der Waals surface area contributed by atoms with Crippen molar-refractivity contribution in [3.05, 3.63) is 0 Å². The van der Waals surface area contributed by atoms with Crippen LogP contribution in [0.3, 0.4) is 0 Å². The Balaban J connectivity index is 3.50. The molecule has 0 aliphatic rings. The summed E-state index contributed by atoms with van der Waals surface area (Å²) in [6, 6.07) is -0.360. The zero-order valence-electron chi connectivity index (χ0n) is 8.97. The Kier molecular flexibility index (Phi) is 6.59. The SMILES string of the molecule is CCCCCNC(=O)C(N)C(C)C. The minimum atomic E-state index is -0.360. The number of carbonyl (C=O) groups is 1. The molecule has 0 aliphatic carbocycles. The quantitative estimate of drug-likeness (QED) is 0.614. The van der Waals surface area contributed by atoms with Crippen LogP contribution in [0, 0.1) is 5.92 Å². The van der Waals surface area contributed by atoms with Crippen molar-refractivity contribution in [1.29, 1.82) is 0 Å². The molecule has 0 saturated heterocycles. The van der Waals surface area contributed by atoms with Crippen LogP contribution in [0.4, 0.5) is 0 Å². The van der Waals surface area contributed by atoms with Gasteiger partial charge in [0.2, 0.25) is 5.91 Å². The summed E-state index contributed by atoms with van der Waals surface area (Å²) in [5, 5.41) is 2.83. The summed E-state index contributed by atoms with van der Waals surface area (Å²) in [5.74, 6) is 0.192. The highest BCUT2D eigenvalue weighted by atomic mass is 16.2. The van der Waals surface area contributed by atoms with Crippen LogP contribution in [0.2, 0.25) is 0 Å². The minimum absolute atomic E-state index is 0.0221. The molecule has 0 fully saturated rings. The van der Waals surface area contributed by atoms with Gasteiger partial charge in [0, 0.05) is 6.54 Å². The molecule has 1 atom stereocenters. The van der Waals surface area contributed by atoms with Crippen LogP contribution in [0.15, 0.2) is 0 Å². The normalized spacial score (nSPS) is 13.0. The van der Waals surface area contributed by atoms with Gasteiger partial charge in [-0.2, -0.15) is 0 Å². The van der Waals surface area contributed by atoms with E-state index in [1.54, 1.807) is 0 Å². The van der Waals surface area contributed by atoms with E-state index in [4.69, 9.17) is 5.73 Å². The Morgan fingerprint density at radius 1 is 1.38 bits per heavy atom. The van der Waals surface area contributed by atoms with E-state index in [0.29, 0.717) is 0 Å². The lowest BCUT2D eigenvalue weighted by Crippen LogP contribution is -2.44. The summed E-state index contributed by atoms with van der Waals surface area (Å²) in [5.41, 5.74) is 5.66. The second-order valence-electron chi connectivity index (χ2n) is 3.77. The third kappa shape index (κ3) is 5.64. The summed E-state index contributed by atoms with van der Waals surface area (Å²) >= 11 is 0. The number of rotatable bonds is 6. The first-order chi connectivity index (χ1) is 6.09. The third-order valence-electron chi connectivity index (χ3n) is 2.10. The molecule has 0 rings (SSSR count). The molecule has 0 radical (unpaired) electrons. The zero-order chi connectivity index (χ0) is 10.3.